The number of rotatable bonds is 1. The van der Waals surface area contributed by atoms with Gasteiger partial charge in [-0.2, -0.15) is 0 Å². The third-order valence-corrected chi connectivity index (χ3v) is 4.26. The maximum Gasteiger partial charge on any atom is 0.129 e. The van der Waals surface area contributed by atoms with E-state index in [0.717, 1.165) is 32.9 Å². The molecule has 0 spiro atoms. The Morgan fingerprint density at radius 3 is 3.18 bits per heavy atom. The highest BCUT2D eigenvalue weighted by Gasteiger charge is 2.20. The van der Waals surface area contributed by atoms with Crippen molar-refractivity contribution < 1.29 is 9.84 Å². The number of hydrogen-bond acceptors (Lipinski definition) is 4. The van der Waals surface area contributed by atoms with Crippen LogP contribution >= 0.6 is 27.3 Å². The van der Waals surface area contributed by atoms with Gasteiger partial charge < -0.3 is 9.84 Å². The fourth-order valence-electron chi connectivity index (χ4n) is 1.91. The zero-order valence-electron chi connectivity index (χ0n) is 8.94. The predicted octanol–water partition coefficient (Wildman–Crippen LogP) is 3.00. The first kappa shape index (κ1) is 11.2. The number of thiazole rings is 1. The number of ether oxygens (including phenoxy) is 1. The highest BCUT2D eigenvalue weighted by molar-refractivity contribution is 9.10. The van der Waals surface area contributed by atoms with Gasteiger partial charge >= 0.3 is 0 Å². The summed E-state index contributed by atoms with van der Waals surface area (Å²) in [6.07, 6.45) is 0.847. The summed E-state index contributed by atoms with van der Waals surface area (Å²) < 4.78 is 6.72. The number of benzene rings is 1. The minimum absolute atomic E-state index is 0.00435. The lowest BCUT2D eigenvalue weighted by molar-refractivity contribution is 0.281. The van der Waals surface area contributed by atoms with Crippen molar-refractivity contribution in [3.8, 4) is 17.0 Å². The van der Waals surface area contributed by atoms with Crippen LogP contribution in [-0.2, 0) is 13.0 Å². The van der Waals surface area contributed by atoms with Crippen molar-refractivity contribution in [2.45, 2.75) is 13.0 Å². The number of aliphatic hydroxyl groups excluding tert-OH is 1. The van der Waals surface area contributed by atoms with Crippen molar-refractivity contribution >= 4 is 27.3 Å². The van der Waals surface area contributed by atoms with Gasteiger partial charge in [-0.15, -0.1) is 11.3 Å². The molecule has 0 fully saturated rings. The highest BCUT2D eigenvalue weighted by atomic mass is 79.9. The maximum absolute atomic E-state index is 9.16. The van der Waals surface area contributed by atoms with E-state index in [-0.39, 0.29) is 6.61 Å². The monoisotopic (exact) mass is 311 g/mol. The Kier molecular flexibility index (Phi) is 2.90. The van der Waals surface area contributed by atoms with E-state index in [1.165, 1.54) is 4.88 Å². The van der Waals surface area contributed by atoms with E-state index in [4.69, 9.17) is 9.84 Å². The van der Waals surface area contributed by atoms with Gasteiger partial charge in [-0.25, -0.2) is 4.98 Å². The average molecular weight is 312 g/mol. The van der Waals surface area contributed by atoms with E-state index in [0.29, 0.717) is 6.61 Å². The van der Waals surface area contributed by atoms with Crippen LogP contribution in [0.2, 0.25) is 0 Å². The van der Waals surface area contributed by atoms with Crippen LogP contribution in [0.25, 0.3) is 11.3 Å². The Hall–Kier alpha value is -0.910. The molecule has 0 amide bonds. The molecule has 2 aromatic rings. The van der Waals surface area contributed by atoms with Gasteiger partial charge in [-0.1, -0.05) is 15.9 Å². The molecule has 1 aliphatic heterocycles. The van der Waals surface area contributed by atoms with Gasteiger partial charge in [0.05, 0.1) is 18.9 Å². The summed E-state index contributed by atoms with van der Waals surface area (Å²) in [7, 11) is 0. The molecule has 88 valence electrons. The molecule has 1 aromatic heterocycles. The average Bonchev–Trinajstić information content (AvgIpc) is 2.66. The zero-order valence-corrected chi connectivity index (χ0v) is 11.3. The lowest BCUT2D eigenvalue weighted by atomic mass is 10.1. The third-order valence-electron chi connectivity index (χ3n) is 2.66. The third kappa shape index (κ3) is 1.99. The van der Waals surface area contributed by atoms with Gasteiger partial charge in [0.25, 0.3) is 0 Å². The molecule has 2 heterocycles. The standard InChI is InChI=1S/C12H10BrNO2S/c13-7-1-2-8-9(5-7)16-4-3-10-12(8)14-11(6-15)17-10/h1-2,5,15H,3-4,6H2. The summed E-state index contributed by atoms with van der Waals surface area (Å²) >= 11 is 5.00. The van der Waals surface area contributed by atoms with E-state index in [9.17, 15) is 0 Å². The molecule has 0 bridgehead atoms. The lowest BCUT2D eigenvalue weighted by Gasteiger charge is -2.06. The van der Waals surface area contributed by atoms with E-state index >= 15 is 0 Å². The normalized spacial score (nSPS) is 13.5. The minimum Gasteiger partial charge on any atom is -0.492 e. The molecule has 0 saturated carbocycles. The summed E-state index contributed by atoms with van der Waals surface area (Å²) in [4.78, 5) is 5.66. The molecule has 5 heteroatoms. The minimum atomic E-state index is 0.00435. The van der Waals surface area contributed by atoms with Gasteiger partial charge in [-0.05, 0) is 18.2 Å². The van der Waals surface area contributed by atoms with Crippen LogP contribution in [0.4, 0.5) is 0 Å². The van der Waals surface area contributed by atoms with Crippen LogP contribution in [0.15, 0.2) is 22.7 Å². The second kappa shape index (κ2) is 4.40. The largest absolute Gasteiger partial charge is 0.492 e. The van der Waals surface area contributed by atoms with Crippen LogP contribution < -0.4 is 4.74 Å². The molecule has 17 heavy (non-hydrogen) atoms. The van der Waals surface area contributed by atoms with E-state index in [1.807, 2.05) is 18.2 Å². The molecule has 3 rings (SSSR count). The van der Waals surface area contributed by atoms with Crippen molar-refractivity contribution in [1.82, 2.24) is 4.98 Å². The number of nitrogens with zero attached hydrogens (tertiary/aromatic N) is 1. The molecular weight excluding hydrogens is 302 g/mol. The smallest absolute Gasteiger partial charge is 0.129 e. The van der Waals surface area contributed by atoms with Crippen molar-refractivity contribution in [1.29, 1.82) is 0 Å². The van der Waals surface area contributed by atoms with Gasteiger partial charge in [0.15, 0.2) is 0 Å². The first-order chi connectivity index (χ1) is 8.28. The van der Waals surface area contributed by atoms with Crippen LogP contribution in [0.1, 0.15) is 9.88 Å². The van der Waals surface area contributed by atoms with E-state index in [1.54, 1.807) is 11.3 Å². The molecule has 1 N–H and O–H groups in total. The van der Waals surface area contributed by atoms with Crippen molar-refractivity contribution in [3.05, 3.63) is 32.6 Å². The van der Waals surface area contributed by atoms with Gasteiger partial charge in [0, 0.05) is 21.3 Å². The van der Waals surface area contributed by atoms with Crippen LogP contribution in [0, 0.1) is 0 Å². The molecule has 0 radical (unpaired) electrons. The topological polar surface area (TPSA) is 42.4 Å². The highest BCUT2D eigenvalue weighted by Crippen LogP contribution is 2.38. The Bertz CT molecular complexity index is 568. The van der Waals surface area contributed by atoms with Gasteiger partial charge in [0.1, 0.15) is 10.8 Å². The summed E-state index contributed by atoms with van der Waals surface area (Å²) in [5.74, 6) is 0.855. The van der Waals surface area contributed by atoms with Crippen molar-refractivity contribution in [2.24, 2.45) is 0 Å². The molecule has 0 atom stereocenters. The second-order valence-electron chi connectivity index (χ2n) is 3.78. The Labute approximate surface area is 111 Å². The van der Waals surface area contributed by atoms with E-state index in [2.05, 4.69) is 20.9 Å². The van der Waals surface area contributed by atoms with E-state index < -0.39 is 0 Å². The first-order valence-electron chi connectivity index (χ1n) is 5.30. The SMILES string of the molecule is OCc1nc2c(s1)CCOc1cc(Br)ccc1-2. The Morgan fingerprint density at radius 1 is 1.47 bits per heavy atom. The predicted molar refractivity (Wildman–Crippen MR) is 70.4 cm³/mol. The van der Waals surface area contributed by atoms with Crippen LogP contribution in [0.3, 0.4) is 0 Å². The summed E-state index contributed by atoms with van der Waals surface area (Å²) in [5, 5.41) is 9.93. The quantitative estimate of drug-likeness (QED) is 0.880. The second-order valence-corrected chi connectivity index (χ2v) is 5.86. The number of fused-ring (bicyclic) bond motifs is 3. The number of aliphatic hydroxyl groups is 1. The van der Waals surface area contributed by atoms with Gasteiger partial charge in [0.2, 0.25) is 0 Å². The number of hydrogen-bond donors (Lipinski definition) is 1. The molecule has 0 unspecified atom stereocenters. The van der Waals surface area contributed by atoms with Crippen molar-refractivity contribution in [3.63, 3.8) is 0 Å². The fourth-order valence-corrected chi connectivity index (χ4v) is 3.18. The van der Waals surface area contributed by atoms with Crippen molar-refractivity contribution in [2.75, 3.05) is 6.61 Å². The number of halogens is 1. The fraction of sp³-hybridized carbons (Fsp3) is 0.250. The zero-order chi connectivity index (χ0) is 11.8. The van der Waals surface area contributed by atoms with Crippen LogP contribution in [0.5, 0.6) is 5.75 Å². The summed E-state index contributed by atoms with van der Waals surface area (Å²) in [5.41, 5.74) is 1.97. The molecular formula is C12H10BrNO2S. The van der Waals surface area contributed by atoms with Gasteiger partial charge in [-0.3, -0.25) is 0 Å². The van der Waals surface area contributed by atoms with Crippen LogP contribution in [-0.4, -0.2) is 16.7 Å². The molecule has 0 saturated heterocycles. The molecule has 3 nitrogen and oxygen atoms in total. The Morgan fingerprint density at radius 2 is 2.35 bits per heavy atom. The lowest BCUT2D eigenvalue weighted by Crippen LogP contribution is -1.97. The molecule has 1 aromatic carbocycles. The molecule has 0 aliphatic carbocycles. The number of aromatic nitrogens is 1. The Balaban J connectivity index is 2.19. The maximum atomic E-state index is 9.16. The summed E-state index contributed by atoms with van der Waals surface area (Å²) in [6.45, 7) is 0.661. The molecule has 1 aliphatic rings. The summed E-state index contributed by atoms with van der Waals surface area (Å²) in [6, 6.07) is 5.95. The first-order valence-corrected chi connectivity index (χ1v) is 6.91.